The van der Waals surface area contributed by atoms with Gasteiger partial charge in [0.05, 0.1) is 17.3 Å². The molecule has 0 aliphatic carbocycles. The van der Waals surface area contributed by atoms with Crippen LogP contribution in [0.25, 0.3) is 0 Å². The molecule has 1 rings (SSSR count). The largest absolute Gasteiger partial charge is 0.386 e. The number of halogens is 1. The van der Waals surface area contributed by atoms with Gasteiger partial charge in [-0.3, -0.25) is 0 Å². The molecule has 0 aliphatic heterocycles. The van der Waals surface area contributed by atoms with Gasteiger partial charge in [0.25, 0.3) is 0 Å². The van der Waals surface area contributed by atoms with Crippen LogP contribution < -0.4 is 5.73 Å². The molecule has 0 spiro atoms. The second-order valence-corrected chi connectivity index (χ2v) is 5.88. The zero-order chi connectivity index (χ0) is 12.2. The highest BCUT2D eigenvalue weighted by molar-refractivity contribution is 7.89. The molecule has 0 fully saturated rings. The van der Waals surface area contributed by atoms with E-state index in [2.05, 4.69) is 4.99 Å². The Morgan fingerprint density at radius 1 is 1.38 bits per heavy atom. The number of alkyl halides is 1. The molecule has 0 aromatic heterocycles. The maximum Gasteiger partial charge on any atom is 0.151 e. The summed E-state index contributed by atoms with van der Waals surface area (Å²) in [6, 6.07) is 6.84. The van der Waals surface area contributed by atoms with Crippen LogP contribution in [0.3, 0.4) is 0 Å². The lowest BCUT2D eigenvalue weighted by atomic mass is 10.2. The second-order valence-electron chi connectivity index (χ2n) is 3.47. The molecule has 4 nitrogen and oxygen atoms in total. The van der Waals surface area contributed by atoms with Gasteiger partial charge in [-0.2, -0.15) is 0 Å². The fourth-order valence-electron chi connectivity index (χ4n) is 1.17. The zero-order valence-corrected chi connectivity index (χ0v) is 10.4. The molecule has 0 saturated heterocycles. The number of aliphatic imine (C=N–C) groups is 1. The monoisotopic (exact) mass is 260 g/mol. The predicted molar refractivity (Wildman–Crippen MR) is 67.0 cm³/mol. The summed E-state index contributed by atoms with van der Waals surface area (Å²) in [6.45, 7) is 0. The first-order chi connectivity index (χ1) is 7.40. The first kappa shape index (κ1) is 13.0. The molecular weight excluding hydrogens is 248 g/mol. The first-order valence-electron chi connectivity index (χ1n) is 4.56. The maximum absolute atomic E-state index is 11.0. The molecule has 88 valence electrons. The lowest BCUT2D eigenvalue weighted by molar-refractivity contribution is 0.601. The molecule has 0 heterocycles. The molecule has 0 bridgehead atoms. The SMILES string of the molecule is CS(=O)(=O)Cc1ccc(N=C(N)CCl)cc1. The van der Waals surface area contributed by atoms with E-state index in [1.165, 1.54) is 6.26 Å². The van der Waals surface area contributed by atoms with Crippen molar-refractivity contribution in [1.29, 1.82) is 0 Å². The average molecular weight is 261 g/mol. The van der Waals surface area contributed by atoms with Crippen molar-refractivity contribution in [1.82, 2.24) is 0 Å². The van der Waals surface area contributed by atoms with Crippen molar-refractivity contribution in [2.45, 2.75) is 5.75 Å². The van der Waals surface area contributed by atoms with Crippen LogP contribution in [0.15, 0.2) is 29.3 Å². The number of rotatable bonds is 4. The minimum atomic E-state index is -3.00. The number of nitrogens with zero attached hydrogens (tertiary/aromatic N) is 1. The van der Waals surface area contributed by atoms with Crippen LogP contribution in [-0.4, -0.2) is 26.4 Å². The van der Waals surface area contributed by atoms with Crippen molar-refractivity contribution in [3.05, 3.63) is 29.8 Å². The summed E-state index contributed by atoms with van der Waals surface area (Å²) < 4.78 is 22.1. The minimum absolute atomic E-state index is 0.0297. The Bertz CT molecular complexity index is 480. The van der Waals surface area contributed by atoms with Crippen LogP contribution in [0.1, 0.15) is 5.56 Å². The van der Waals surface area contributed by atoms with E-state index in [-0.39, 0.29) is 11.6 Å². The molecule has 0 unspecified atom stereocenters. The van der Waals surface area contributed by atoms with Gasteiger partial charge >= 0.3 is 0 Å². The molecule has 0 saturated carbocycles. The van der Waals surface area contributed by atoms with E-state index in [0.29, 0.717) is 11.5 Å². The lowest BCUT2D eigenvalue weighted by Gasteiger charge is -2.00. The highest BCUT2D eigenvalue weighted by atomic mass is 35.5. The van der Waals surface area contributed by atoms with Crippen LogP contribution in [0.2, 0.25) is 0 Å². The van der Waals surface area contributed by atoms with Crippen LogP contribution in [-0.2, 0) is 15.6 Å². The Balaban J connectivity index is 2.84. The Labute approximate surface area is 100 Å². The highest BCUT2D eigenvalue weighted by Crippen LogP contribution is 2.14. The third-order valence-corrected chi connectivity index (χ3v) is 2.91. The molecule has 1 aromatic rings. The average Bonchev–Trinajstić information content (AvgIpc) is 2.18. The molecule has 0 amide bonds. The van der Waals surface area contributed by atoms with Crippen LogP contribution in [0.4, 0.5) is 5.69 Å². The fraction of sp³-hybridized carbons (Fsp3) is 0.300. The zero-order valence-electron chi connectivity index (χ0n) is 8.85. The van der Waals surface area contributed by atoms with Gasteiger partial charge in [-0.15, -0.1) is 11.6 Å². The van der Waals surface area contributed by atoms with Crippen molar-refractivity contribution in [2.24, 2.45) is 10.7 Å². The third-order valence-electron chi connectivity index (χ3n) is 1.77. The van der Waals surface area contributed by atoms with Crippen molar-refractivity contribution in [2.75, 3.05) is 12.1 Å². The molecule has 0 atom stereocenters. The van der Waals surface area contributed by atoms with Crippen molar-refractivity contribution < 1.29 is 8.42 Å². The van der Waals surface area contributed by atoms with Crippen molar-refractivity contribution in [3.8, 4) is 0 Å². The highest BCUT2D eigenvalue weighted by Gasteiger charge is 2.03. The van der Waals surface area contributed by atoms with Gasteiger partial charge in [-0.25, -0.2) is 13.4 Å². The van der Waals surface area contributed by atoms with Gasteiger partial charge in [-0.05, 0) is 17.7 Å². The third kappa shape index (κ3) is 4.63. The van der Waals surface area contributed by atoms with Crippen LogP contribution in [0.5, 0.6) is 0 Å². The Morgan fingerprint density at radius 3 is 2.38 bits per heavy atom. The summed E-state index contributed by atoms with van der Waals surface area (Å²) in [5.74, 6) is 0.533. The van der Waals surface area contributed by atoms with Crippen LogP contribution in [0, 0.1) is 0 Å². The fourth-order valence-corrected chi connectivity index (χ4v) is 2.02. The molecule has 1 aromatic carbocycles. The summed E-state index contributed by atoms with van der Waals surface area (Å²) in [4.78, 5) is 4.03. The summed E-state index contributed by atoms with van der Waals surface area (Å²) in [5, 5.41) is 0. The Morgan fingerprint density at radius 2 is 1.94 bits per heavy atom. The Kier molecular flexibility index (Phi) is 4.32. The Hall–Kier alpha value is -1.07. The summed E-state index contributed by atoms with van der Waals surface area (Å²) >= 11 is 5.49. The predicted octanol–water partition coefficient (Wildman–Crippen LogP) is 1.46. The molecule has 6 heteroatoms. The summed E-state index contributed by atoms with van der Waals surface area (Å²) in [5.41, 5.74) is 6.86. The van der Waals surface area contributed by atoms with E-state index < -0.39 is 9.84 Å². The van der Waals surface area contributed by atoms with Gasteiger partial charge in [0, 0.05) is 6.26 Å². The van der Waals surface area contributed by atoms with E-state index in [0.717, 1.165) is 5.56 Å². The lowest BCUT2D eigenvalue weighted by Crippen LogP contribution is -2.12. The van der Waals surface area contributed by atoms with E-state index in [4.69, 9.17) is 17.3 Å². The van der Waals surface area contributed by atoms with Gasteiger partial charge in [0.1, 0.15) is 5.84 Å². The number of hydrogen-bond donors (Lipinski definition) is 1. The first-order valence-corrected chi connectivity index (χ1v) is 7.16. The van der Waals surface area contributed by atoms with Gasteiger partial charge < -0.3 is 5.73 Å². The molecular formula is C10H13ClN2O2S. The molecule has 0 aliphatic rings. The summed E-state index contributed by atoms with van der Waals surface area (Å²) in [6.07, 6.45) is 1.20. The smallest absolute Gasteiger partial charge is 0.151 e. The summed E-state index contributed by atoms with van der Waals surface area (Å²) in [7, 11) is -3.00. The second kappa shape index (κ2) is 5.32. The van der Waals surface area contributed by atoms with E-state index in [1.54, 1.807) is 24.3 Å². The van der Waals surface area contributed by atoms with Crippen molar-refractivity contribution >= 4 is 33.0 Å². The molecule has 0 radical (unpaired) electrons. The standard InChI is InChI=1S/C10H13ClN2O2S/c1-16(14,15)7-8-2-4-9(5-3-8)13-10(12)6-11/h2-5H,6-7H2,1H3,(H2,12,13). The van der Waals surface area contributed by atoms with E-state index in [9.17, 15) is 8.42 Å². The number of benzene rings is 1. The normalized spacial score (nSPS) is 12.8. The maximum atomic E-state index is 11.0. The van der Waals surface area contributed by atoms with E-state index in [1.807, 2.05) is 0 Å². The van der Waals surface area contributed by atoms with Crippen molar-refractivity contribution in [3.63, 3.8) is 0 Å². The van der Waals surface area contributed by atoms with Gasteiger partial charge in [-0.1, -0.05) is 12.1 Å². The topological polar surface area (TPSA) is 72.5 Å². The van der Waals surface area contributed by atoms with Gasteiger partial charge in [0.15, 0.2) is 9.84 Å². The number of sulfone groups is 1. The molecule has 16 heavy (non-hydrogen) atoms. The number of amidine groups is 1. The van der Waals surface area contributed by atoms with E-state index >= 15 is 0 Å². The number of hydrogen-bond acceptors (Lipinski definition) is 3. The quantitative estimate of drug-likeness (QED) is 0.506. The van der Waals surface area contributed by atoms with Crippen LogP contribution >= 0.6 is 11.6 Å². The van der Waals surface area contributed by atoms with Gasteiger partial charge in [0.2, 0.25) is 0 Å². The molecule has 2 N–H and O–H groups in total. The number of nitrogens with two attached hydrogens (primary N) is 1. The minimum Gasteiger partial charge on any atom is -0.386 e.